The summed E-state index contributed by atoms with van der Waals surface area (Å²) >= 11 is 12.7. The third-order valence-corrected chi connectivity index (χ3v) is 4.05. The molecular weight excluding hydrogens is 314 g/mol. The fourth-order valence-corrected chi connectivity index (χ4v) is 2.87. The molecule has 0 amide bonds. The molecule has 2 aromatic rings. The predicted molar refractivity (Wildman–Crippen MR) is 83.4 cm³/mol. The first-order chi connectivity index (χ1) is 9.99. The minimum atomic E-state index is -0.608. The van der Waals surface area contributed by atoms with Crippen molar-refractivity contribution in [2.45, 2.75) is 12.3 Å². The van der Waals surface area contributed by atoms with Crippen LogP contribution >= 0.6 is 23.2 Å². The van der Waals surface area contributed by atoms with Crippen LogP contribution in [0.2, 0.25) is 5.02 Å². The van der Waals surface area contributed by atoms with Crippen molar-refractivity contribution < 1.29 is 13.9 Å². The van der Waals surface area contributed by atoms with Crippen molar-refractivity contribution in [3.63, 3.8) is 0 Å². The second-order valence-corrected chi connectivity index (χ2v) is 5.41. The van der Waals surface area contributed by atoms with Gasteiger partial charge in [0.1, 0.15) is 17.3 Å². The Kier molecular flexibility index (Phi) is 4.96. The Morgan fingerprint density at radius 3 is 2.19 bits per heavy atom. The van der Waals surface area contributed by atoms with E-state index in [1.54, 1.807) is 39.3 Å². The first-order valence-electron chi connectivity index (χ1n) is 6.30. The molecule has 0 saturated heterocycles. The van der Waals surface area contributed by atoms with E-state index in [-0.39, 0.29) is 10.8 Å². The van der Waals surface area contributed by atoms with Crippen LogP contribution in [0.25, 0.3) is 0 Å². The fraction of sp³-hybridized carbons (Fsp3) is 0.250. The molecule has 1 unspecified atom stereocenters. The Labute approximate surface area is 133 Å². The Hall–Kier alpha value is -1.45. The van der Waals surface area contributed by atoms with Crippen molar-refractivity contribution >= 4 is 23.2 Å². The zero-order chi connectivity index (χ0) is 15.6. The first kappa shape index (κ1) is 15.9. The van der Waals surface area contributed by atoms with Gasteiger partial charge >= 0.3 is 0 Å². The van der Waals surface area contributed by atoms with Crippen molar-refractivity contribution in [2.24, 2.45) is 0 Å². The van der Waals surface area contributed by atoms with Gasteiger partial charge in [0.05, 0.1) is 25.2 Å². The van der Waals surface area contributed by atoms with Crippen molar-refractivity contribution in [1.29, 1.82) is 0 Å². The highest BCUT2D eigenvalue weighted by Crippen LogP contribution is 2.43. The second kappa shape index (κ2) is 6.54. The minimum Gasteiger partial charge on any atom is -0.496 e. The molecule has 2 aromatic carbocycles. The SMILES string of the molecule is COc1cccc(OC)c1C(Cl)c1cc(C)c(F)cc1Cl. The molecule has 0 bridgehead atoms. The summed E-state index contributed by atoms with van der Waals surface area (Å²) in [5.41, 5.74) is 1.76. The molecule has 5 heteroatoms. The molecule has 0 aliphatic rings. The van der Waals surface area contributed by atoms with Crippen molar-refractivity contribution in [1.82, 2.24) is 0 Å². The van der Waals surface area contributed by atoms with Crippen LogP contribution in [-0.4, -0.2) is 14.2 Å². The summed E-state index contributed by atoms with van der Waals surface area (Å²) in [6.45, 7) is 1.66. The minimum absolute atomic E-state index is 0.269. The van der Waals surface area contributed by atoms with Crippen molar-refractivity contribution in [3.05, 3.63) is 57.9 Å². The summed E-state index contributed by atoms with van der Waals surface area (Å²) in [5, 5.41) is -0.339. The molecule has 21 heavy (non-hydrogen) atoms. The number of rotatable bonds is 4. The van der Waals surface area contributed by atoms with Gasteiger partial charge in [0.15, 0.2) is 0 Å². The van der Waals surface area contributed by atoms with Crippen LogP contribution in [-0.2, 0) is 0 Å². The quantitative estimate of drug-likeness (QED) is 0.724. The zero-order valence-corrected chi connectivity index (χ0v) is 13.4. The summed E-state index contributed by atoms with van der Waals surface area (Å²) in [6, 6.07) is 8.29. The molecule has 0 saturated carbocycles. The standard InChI is InChI=1S/C16H15Cl2FO2/c1-9-7-10(11(17)8-12(9)19)16(18)15-13(20-2)5-4-6-14(15)21-3/h4-8,16H,1-3H3. The maximum Gasteiger partial charge on any atom is 0.127 e. The van der Waals surface area contributed by atoms with Gasteiger partial charge in [0.2, 0.25) is 0 Å². The maximum absolute atomic E-state index is 13.5. The van der Waals surface area contributed by atoms with Crippen LogP contribution in [0.15, 0.2) is 30.3 Å². The van der Waals surface area contributed by atoms with Gasteiger partial charge in [-0.15, -0.1) is 11.6 Å². The van der Waals surface area contributed by atoms with Crippen LogP contribution < -0.4 is 9.47 Å². The van der Waals surface area contributed by atoms with Crippen LogP contribution in [0.5, 0.6) is 11.5 Å². The number of alkyl halides is 1. The summed E-state index contributed by atoms with van der Waals surface area (Å²) in [7, 11) is 3.11. The molecule has 2 nitrogen and oxygen atoms in total. The van der Waals surface area contributed by atoms with E-state index in [9.17, 15) is 4.39 Å². The van der Waals surface area contributed by atoms with Gasteiger partial charge in [0, 0.05) is 5.02 Å². The van der Waals surface area contributed by atoms with E-state index in [1.807, 2.05) is 6.07 Å². The summed E-state index contributed by atoms with van der Waals surface area (Å²) in [5.74, 6) is 0.819. The number of methoxy groups -OCH3 is 2. The highest BCUT2D eigenvalue weighted by molar-refractivity contribution is 6.33. The van der Waals surface area contributed by atoms with Gasteiger partial charge in [-0.1, -0.05) is 17.7 Å². The van der Waals surface area contributed by atoms with E-state index in [1.165, 1.54) is 6.07 Å². The van der Waals surface area contributed by atoms with Crippen LogP contribution in [0.1, 0.15) is 22.1 Å². The van der Waals surface area contributed by atoms with Gasteiger partial charge in [0.25, 0.3) is 0 Å². The Bertz CT molecular complexity index is 637. The third kappa shape index (κ3) is 3.09. The molecule has 112 valence electrons. The lowest BCUT2D eigenvalue weighted by Crippen LogP contribution is -2.02. The second-order valence-electron chi connectivity index (χ2n) is 4.56. The number of benzene rings is 2. The van der Waals surface area contributed by atoms with Gasteiger partial charge in [-0.25, -0.2) is 4.39 Å². The zero-order valence-electron chi connectivity index (χ0n) is 11.9. The van der Waals surface area contributed by atoms with Crippen molar-refractivity contribution in [2.75, 3.05) is 14.2 Å². The number of hydrogen-bond acceptors (Lipinski definition) is 2. The van der Waals surface area contributed by atoms with Gasteiger partial charge in [-0.3, -0.25) is 0 Å². The molecule has 0 N–H and O–H groups in total. The molecule has 0 aliphatic heterocycles. The highest BCUT2D eigenvalue weighted by atomic mass is 35.5. The molecule has 0 aliphatic carbocycles. The maximum atomic E-state index is 13.5. The number of ether oxygens (including phenoxy) is 2. The lowest BCUT2D eigenvalue weighted by molar-refractivity contribution is 0.386. The number of halogens is 3. The number of aryl methyl sites for hydroxylation is 1. The molecule has 0 aromatic heterocycles. The Morgan fingerprint density at radius 1 is 1.10 bits per heavy atom. The smallest absolute Gasteiger partial charge is 0.127 e. The monoisotopic (exact) mass is 328 g/mol. The van der Waals surface area contributed by atoms with E-state index in [4.69, 9.17) is 32.7 Å². The largest absolute Gasteiger partial charge is 0.496 e. The summed E-state index contributed by atoms with van der Waals surface area (Å²) in [4.78, 5) is 0. The van der Waals surface area contributed by atoms with Crippen LogP contribution in [0.4, 0.5) is 4.39 Å². The molecule has 1 atom stereocenters. The summed E-state index contributed by atoms with van der Waals surface area (Å²) < 4.78 is 24.2. The molecular formula is C16H15Cl2FO2. The van der Waals surface area contributed by atoms with Gasteiger partial charge in [-0.2, -0.15) is 0 Å². The first-order valence-corrected chi connectivity index (χ1v) is 7.11. The highest BCUT2D eigenvalue weighted by Gasteiger charge is 2.23. The molecule has 2 rings (SSSR count). The van der Waals surface area contributed by atoms with E-state index in [0.717, 1.165) is 0 Å². The van der Waals surface area contributed by atoms with Crippen LogP contribution in [0, 0.1) is 12.7 Å². The fourth-order valence-electron chi connectivity index (χ4n) is 2.16. The Morgan fingerprint density at radius 2 is 1.67 bits per heavy atom. The topological polar surface area (TPSA) is 18.5 Å². The van der Waals surface area contributed by atoms with E-state index in [2.05, 4.69) is 0 Å². The summed E-state index contributed by atoms with van der Waals surface area (Å²) in [6.07, 6.45) is 0. The molecule has 0 heterocycles. The average Bonchev–Trinajstić information content (AvgIpc) is 2.49. The lowest BCUT2D eigenvalue weighted by atomic mass is 10.0. The van der Waals surface area contributed by atoms with Crippen molar-refractivity contribution in [3.8, 4) is 11.5 Å². The average molecular weight is 329 g/mol. The van der Waals surface area contributed by atoms with Crippen LogP contribution in [0.3, 0.4) is 0 Å². The predicted octanol–water partition coefficient (Wildman–Crippen LogP) is 5.13. The number of hydrogen-bond donors (Lipinski definition) is 0. The molecule has 0 radical (unpaired) electrons. The molecule has 0 spiro atoms. The van der Waals surface area contributed by atoms with E-state index < -0.39 is 5.38 Å². The lowest BCUT2D eigenvalue weighted by Gasteiger charge is -2.19. The van der Waals surface area contributed by atoms with E-state index in [0.29, 0.717) is 28.2 Å². The van der Waals surface area contributed by atoms with Gasteiger partial charge < -0.3 is 9.47 Å². The van der Waals surface area contributed by atoms with Gasteiger partial charge in [-0.05, 0) is 42.3 Å². The third-order valence-electron chi connectivity index (χ3n) is 3.27. The van der Waals surface area contributed by atoms with E-state index >= 15 is 0 Å². The Balaban J connectivity index is 2.59. The normalized spacial score (nSPS) is 12.1. The molecule has 0 fully saturated rings.